The van der Waals surface area contributed by atoms with Crippen molar-refractivity contribution in [3.63, 3.8) is 0 Å². The molecule has 0 spiro atoms. The number of hydrogen-bond donors (Lipinski definition) is 2. The molecule has 0 amide bonds. The predicted octanol–water partition coefficient (Wildman–Crippen LogP) is 3.83. The van der Waals surface area contributed by atoms with E-state index < -0.39 is 0 Å². The van der Waals surface area contributed by atoms with Crippen molar-refractivity contribution in [3.05, 3.63) is 36.4 Å². The lowest BCUT2D eigenvalue weighted by atomic mass is 10.1. The smallest absolute Gasteiger partial charge is 0.123 e. The summed E-state index contributed by atoms with van der Waals surface area (Å²) in [7, 11) is 0. The van der Waals surface area contributed by atoms with Gasteiger partial charge in [-0.1, -0.05) is 31.2 Å². The fraction of sp³-hybridized carbons (Fsp3) is 0.444. The Bertz CT molecular complexity index is 611. The van der Waals surface area contributed by atoms with Crippen molar-refractivity contribution in [2.45, 2.75) is 32.2 Å². The molecule has 0 aromatic heterocycles. The number of anilines is 1. The molecule has 112 valence electrons. The van der Waals surface area contributed by atoms with E-state index in [1.54, 1.807) is 6.07 Å². The molecule has 21 heavy (non-hydrogen) atoms. The van der Waals surface area contributed by atoms with Crippen LogP contribution in [0.5, 0.6) is 5.75 Å². The maximum Gasteiger partial charge on any atom is 0.123 e. The summed E-state index contributed by atoms with van der Waals surface area (Å²) in [5.74, 6) is 0.356. The average molecular weight is 284 g/mol. The van der Waals surface area contributed by atoms with Crippen LogP contribution in [-0.2, 0) is 0 Å². The van der Waals surface area contributed by atoms with Crippen LogP contribution >= 0.6 is 0 Å². The molecule has 3 heteroatoms. The number of likely N-dealkylation sites (tertiary alicyclic amines) is 1. The van der Waals surface area contributed by atoms with Gasteiger partial charge in [0.25, 0.3) is 0 Å². The highest BCUT2D eigenvalue weighted by Crippen LogP contribution is 2.31. The molecule has 1 saturated heterocycles. The first-order valence-electron chi connectivity index (χ1n) is 7.97. The van der Waals surface area contributed by atoms with Gasteiger partial charge in [-0.2, -0.15) is 0 Å². The van der Waals surface area contributed by atoms with Gasteiger partial charge in [-0.15, -0.1) is 0 Å². The van der Waals surface area contributed by atoms with E-state index in [1.165, 1.54) is 32.4 Å². The third-order valence-corrected chi connectivity index (χ3v) is 4.53. The van der Waals surface area contributed by atoms with Crippen LogP contribution in [0, 0.1) is 0 Å². The zero-order valence-corrected chi connectivity index (χ0v) is 12.7. The standard InChI is InChI=1S/C18H24N2O/c1-2-20-12-5-6-14(11-13-20)19-17-9-3-8-16-15(17)7-4-10-18(16)21/h3-4,7-10,14,19,21H,2,5-6,11-13H2,1H3. The fourth-order valence-electron chi connectivity index (χ4n) is 3.26. The summed E-state index contributed by atoms with van der Waals surface area (Å²) in [5.41, 5.74) is 1.14. The van der Waals surface area contributed by atoms with Crippen molar-refractivity contribution >= 4 is 16.5 Å². The van der Waals surface area contributed by atoms with Crippen LogP contribution < -0.4 is 5.32 Å². The lowest BCUT2D eigenvalue weighted by molar-refractivity contribution is 0.300. The number of hydrogen-bond acceptors (Lipinski definition) is 3. The molecule has 0 saturated carbocycles. The van der Waals surface area contributed by atoms with E-state index >= 15 is 0 Å². The van der Waals surface area contributed by atoms with Crippen LogP contribution in [0.25, 0.3) is 10.8 Å². The zero-order chi connectivity index (χ0) is 14.7. The minimum absolute atomic E-state index is 0.356. The van der Waals surface area contributed by atoms with E-state index in [0.29, 0.717) is 11.8 Å². The SMILES string of the molecule is CCN1CCCC(Nc2cccc3c(O)cccc23)CC1. The van der Waals surface area contributed by atoms with Crippen molar-refractivity contribution in [2.75, 3.05) is 25.0 Å². The molecule has 1 aliphatic rings. The molecular formula is C18H24N2O. The Hall–Kier alpha value is -1.74. The first-order chi connectivity index (χ1) is 10.3. The molecule has 2 aromatic rings. The molecule has 0 aliphatic carbocycles. The lowest BCUT2D eigenvalue weighted by Gasteiger charge is -2.20. The molecule has 1 aliphatic heterocycles. The summed E-state index contributed by atoms with van der Waals surface area (Å²) in [6.45, 7) is 5.77. The summed E-state index contributed by atoms with van der Waals surface area (Å²) >= 11 is 0. The Kier molecular flexibility index (Phi) is 4.30. The van der Waals surface area contributed by atoms with Crippen molar-refractivity contribution in [2.24, 2.45) is 0 Å². The molecule has 0 bridgehead atoms. The minimum atomic E-state index is 0.356. The largest absolute Gasteiger partial charge is 0.507 e. The van der Waals surface area contributed by atoms with Gasteiger partial charge in [-0.25, -0.2) is 0 Å². The third-order valence-electron chi connectivity index (χ3n) is 4.53. The van der Waals surface area contributed by atoms with Crippen LogP contribution in [0.4, 0.5) is 5.69 Å². The van der Waals surface area contributed by atoms with E-state index in [4.69, 9.17) is 0 Å². The lowest BCUT2D eigenvalue weighted by Crippen LogP contribution is -2.26. The van der Waals surface area contributed by atoms with Gasteiger partial charge in [-0.3, -0.25) is 0 Å². The number of nitrogens with zero attached hydrogens (tertiary/aromatic N) is 1. The molecule has 1 heterocycles. The van der Waals surface area contributed by atoms with Gasteiger partial charge in [0.2, 0.25) is 0 Å². The fourth-order valence-corrected chi connectivity index (χ4v) is 3.26. The molecule has 2 N–H and O–H groups in total. The van der Waals surface area contributed by atoms with Crippen LogP contribution in [0.2, 0.25) is 0 Å². The predicted molar refractivity (Wildman–Crippen MR) is 89.0 cm³/mol. The van der Waals surface area contributed by atoms with Gasteiger partial charge in [0, 0.05) is 29.0 Å². The third kappa shape index (κ3) is 3.13. The number of nitrogens with one attached hydrogen (secondary N) is 1. The zero-order valence-electron chi connectivity index (χ0n) is 12.7. The highest BCUT2D eigenvalue weighted by molar-refractivity contribution is 5.97. The second-order valence-corrected chi connectivity index (χ2v) is 5.88. The highest BCUT2D eigenvalue weighted by Gasteiger charge is 2.16. The first kappa shape index (κ1) is 14.2. The molecule has 1 fully saturated rings. The summed E-state index contributed by atoms with van der Waals surface area (Å²) in [5, 5.41) is 15.7. The molecular weight excluding hydrogens is 260 g/mol. The van der Waals surface area contributed by atoms with E-state index in [1.807, 2.05) is 18.2 Å². The number of phenols is 1. The van der Waals surface area contributed by atoms with E-state index in [-0.39, 0.29) is 0 Å². The van der Waals surface area contributed by atoms with Gasteiger partial charge in [0.1, 0.15) is 5.75 Å². The Morgan fingerprint density at radius 3 is 2.76 bits per heavy atom. The van der Waals surface area contributed by atoms with Gasteiger partial charge < -0.3 is 15.3 Å². The Balaban J connectivity index is 1.80. The van der Waals surface area contributed by atoms with Crippen molar-refractivity contribution in [3.8, 4) is 5.75 Å². The monoisotopic (exact) mass is 284 g/mol. The van der Waals surface area contributed by atoms with Crippen LogP contribution in [0.15, 0.2) is 36.4 Å². The topological polar surface area (TPSA) is 35.5 Å². The first-order valence-corrected chi connectivity index (χ1v) is 7.97. The van der Waals surface area contributed by atoms with Crippen molar-refractivity contribution in [1.29, 1.82) is 0 Å². The minimum Gasteiger partial charge on any atom is -0.507 e. The summed E-state index contributed by atoms with van der Waals surface area (Å²) in [4.78, 5) is 2.52. The summed E-state index contributed by atoms with van der Waals surface area (Å²) in [6.07, 6.45) is 3.65. The summed E-state index contributed by atoms with van der Waals surface area (Å²) < 4.78 is 0. The maximum atomic E-state index is 9.98. The van der Waals surface area contributed by atoms with Crippen molar-refractivity contribution in [1.82, 2.24) is 4.90 Å². The number of phenolic OH excluding ortho intramolecular Hbond substituents is 1. The second kappa shape index (κ2) is 6.35. The quantitative estimate of drug-likeness (QED) is 0.899. The van der Waals surface area contributed by atoms with Gasteiger partial charge in [0.15, 0.2) is 0 Å². The normalized spacial score (nSPS) is 20.3. The van der Waals surface area contributed by atoms with Crippen LogP contribution in [-0.4, -0.2) is 35.7 Å². The molecule has 3 rings (SSSR count). The van der Waals surface area contributed by atoms with E-state index in [0.717, 1.165) is 23.0 Å². The van der Waals surface area contributed by atoms with Crippen LogP contribution in [0.3, 0.4) is 0 Å². The van der Waals surface area contributed by atoms with Gasteiger partial charge >= 0.3 is 0 Å². The number of aromatic hydroxyl groups is 1. The van der Waals surface area contributed by atoms with Crippen LogP contribution in [0.1, 0.15) is 26.2 Å². The Labute approximate surface area is 126 Å². The van der Waals surface area contributed by atoms with E-state index in [9.17, 15) is 5.11 Å². The molecule has 3 nitrogen and oxygen atoms in total. The van der Waals surface area contributed by atoms with Gasteiger partial charge in [0.05, 0.1) is 0 Å². The highest BCUT2D eigenvalue weighted by atomic mass is 16.3. The number of rotatable bonds is 3. The number of fused-ring (bicyclic) bond motifs is 1. The van der Waals surface area contributed by atoms with Gasteiger partial charge in [-0.05, 0) is 44.5 Å². The Morgan fingerprint density at radius 2 is 1.90 bits per heavy atom. The maximum absolute atomic E-state index is 9.98. The Morgan fingerprint density at radius 1 is 1.10 bits per heavy atom. The number of benzene rings is 2. The molecule has 0 radical (unpaired) electrons. The average Bonchev–Trinajstić information content (AvgIpc) is 2.73. The molecule has 1 unspecified atom stereocenters. The van der Waals surface area contributed by atoms with Crippen molar-refractivity contribution < 1.29 is 5.11 Å². The summed E-state index contributed by atoms with van der Waals surface area (Å²) in [6, 6.07) is 12.4. The molecule has 2 aromatic carbocycles. The van der Waals surface area contributed by atoms with E-state index in [2.05, 4.69) is 29.3 Å². The molecule has 1 atom stereocenters. The second-order valence-electron chi connectivity index (χ2n) is 5.88.